The van der Waals surface area contributed by atoms with Crippen molar-refractivity contribution in [3.8, 4) is 5.75 Å². The second-order valence-electron chi connectivity index (χ2n) is 6.69. The van der Waals surface area contributed by atoms with Crippen molar-refractivity contribution < 1.29 is 14.3 Å². The van der Waals surface area contributed by atoms with Crippen LogP contribution in [0, 0.1) is 0 Å². The van der Waals surface area contributed by atoms with Crippen LogP contribution in [-0.2, 0) is 16.1 Å². The van der Waals surface area contributed by atoms with E-state index in [0.29, 0.717) is 39.6 Å². The van der Waals surface area contributed by atoms with Gasteiger partial charge in [0.2, 0.25) is 5.95 Å². The molecule has 0 spiro atoms. The smallest absolute Gasteiger partial charge is 0.338 e. The van der Waals surface area contributed by atoms with Gasteiger partial charge in [0, 0.05) is 5.70 Å². The molecular weight excluding hydrogens is 427 g/mol. The monoisotopic (exact) mass is 444 g/mol. The molecule has 1 unspecified atom stereocenters. The predicted octanol–water partition coefficient (Wildman–Crippen LogP) is 4.63. The van der Waals surface area contributed by atoms with Gasteiger partial charge in [-0.3, -0.25) is 0 Å². The third-order valence-electron chi connectivity index (χ3n) is 4.79. The Kier molecular flexibility index (Phi) is 5.65. The van der Waals surface area contributed by atoms with Crippen LogP contribution in [0.4, 0.5) is 5.95 Å². The fourth-order valence-electron chi connectivity index (χ4n) is 3.32. The molecule has 4 rings (SSSR count). The number of anilines is 1. The summed E-state index contributed by atoms with van der Waals surface area (Å²) in [4.78, 5) is 16.6. The van der Waals surface area contributed by atoms with Crippen LogP contribution in [0.15, 0.2) is 60.1 Å². The lowest BCUT2D eigenvalue weighted by Gasteiger charge is -2.28. The number of nitrogens with zero attached hydrogens (tertiary/aromatic N) is 3. The quantitative estimate of drug-likeness (QED) is 0.578. The second kappa shape index (κ2) is 8.38. The second-order valence-corrected chi connectivity index (χ2v) is 7.51. The highest BCUT2D eigenvalue weighted by atomic mass is 35.5. The number of ether oxygens (including phenoxy) is 2. The van der Waals surface area contributed by atoms with E-state index in [1.807, 2.05) is 37.3 Å². The van der Waals surface area contributed by atoms with E-state index in [0.717, 1.165) is 11.1 Å². The topological polar surface area (TPSA) is 78.3 Å². The zero-order chi connectivity index (χ0) is 21.3. The lowest BCUT2D eigenvalue weighted by atomic mass is 9.96. The van der Waals surface area contributed by atoms with Crippen molar-refractivity contribution in [1.82, 2.24) is 14.8 Å². The molecule has 30 heavy (non-hydrogen) atoms. The van der Waals surface area contributed by atoms with Crippen LogP contribution in [-0.4, -0.2) is 27.8 Å². The van der Waals surface area contributed by atoms with Gasteiger partial charge in [0.15, 0.2) is 0 Å². The number of carbonyl (C=O) groups excluding carboxylic acids is 1. The Labute approximate surface area is 183 Å². The van der Waals surface area contributed by atoms with Gasteiger partial charge in [-0.2, -0.15) is 10.1 Å². The zero-order valence-electron chi connectivity index (χ0n) is 16.2. The summed E-state index contributed by atoms with van der Waals surface area (Å²) >= 11 is 12.0. The highest BCUT2D eigenvalue weighted by molar-refractivity contribution is 6.42. The maximum Gasteiger partial charge on any atom is 0.338 e. The fraction of sp³-hybridized carbons (Fsp3) is 0.190. The Morgan fingerprint density at radius 1 is 1.17 bits per heavy atom. The molecule has 0 amide bonds. The molecule has 0 saturated heterocycles. The van der Waals surface area contributed by atoms with Gasteiger partial charge < -0.3 is 14.8 Å². The number of esters is 1. The normalized spacial score (nSPS) is 15.4. The summed E-state index contributed by atoms with van der Waals surface area (Å²) in [5, 5.41) is 8.35. The Morgan fingerprint density at radius 2 is 1.93 bits per heavy atom. The van der Waals surface area contributed by atoms with Crippen LogP contribution >= 0.6 is 23.2 Å². The van der Waals surface area contributed by atoms with Crippen molar-refractivity contribution in [3.05, 3.63) is 81.2 Å². The number of aromatic nitrogens is 3. The van der Waals surface area contributed by atoms with Crippen LogP contribution in [0.3, 0.4) is 0 Å². The molecule has 7 nitrogen and oxygen atoms in total. The molecule has 0 radical (unpaired) electrons. The van der Waals surface area contributed by atoms with Crippen molar-refractivity contribution in [2.75, 3.05) is 12.4 Å². The number of carbonyl (C=O) groups is 1. The summed E-state index contributed by atoms with van der Waals surface area (Å²) in [5.74, 6) is 0.814. The first-order valence-corrected chi connectivity index (χ1v) is 9.86. The van der Waals surface area contributed by atoms with Crippen molar-refractivity contribution in [1.29, 1.82) is 0 Å². The Morgan fingerprint density at radius 3 is 2.63 bits per heavy atom. The Hall–Kier alpha value is -3.03. The fourth-order valence-corrected chi connectivity index (χ4v) is 3.64. The molecule has 1 atom stereocenters. The van der Waals surface area contributed by atoms with E-state index in [9.17, 15) is 4.79 Å². The molecule has 2 heterocycles. The molecule has 0 aliphatic carbocycles. The highest BCUT2D eigenvalue weighted by Gasteiger charge is 2.33. The molecule has 0 bridgehead atoms. The zero-order valence-corrected chi connectivity index (χ0v) is 17.7. The summed E-state index contributed by atoms with van der Waals surface area (Å²) < 4.78 is 12.5. The van der Waals surface area contributed by atoms with E-state index >= 15 is 0 Å². The molecule has 1 aromatic heterocycles. The first-order chi connectivity index (χ1) is 14.5. The van der Waals surface area contributed by atoms with E-state index < -0.39 is 12.0 Å². The lowest BCUT2D eigenvalue weighted by Crippen LogP contribution is -2.29. The van der Waals surface area contributed by atoms with Crippen LogP contribution < -0.4 is 10.1 Å². The summed E-state index contributed by atoms with van der Waals surface area (Å²) in [6.45, 7) is 2.16. The lowest BCUT2D eigenvalue weighted by molar-refractivity contribution is -0.136. The van der Waals surface area contributed by atoms with Gasteiger partial charge in [0.25, 0.3) is 0 Å². The molecular formula is C21H18Cl2N4O3. The first-order valence-electron chi connectivity index (χ1n) is 9.10. The molecule has 1 aliphatic heterocycles. The predicted molar refractivity (Wildman–Crippen MR) is 114 cm³/mol. The Bertz CT molecular complexity index is 1130. The first kappa shape index (κ1) is 20.3. The molecule has 2 aromatic carbocycles. The average molecular weight is 445 g/mol. The van der Waals surface area contributed by atoms with Gasteiger partial charge >= 0.3 is 5.97 Å². The van der Waals surface area contributed by atoms with Crippen molar-refractivity contribution >= 4 is 35.1 Å². The highest BCUT2D eigenvalue weighted by Crippen LogP contribution is 2.35. The van der Waals surface area contributed by atoms with Gasteiger partial charge in [-0.25, -0.2) is 9.48 Å². The standard InChI is InChI=1S/C21H18Cl2N4O3/c1-12-18(20(28)29-2)19(27-21(26-12)24-11-25-27)14-4-6-15(7-5-14)30-10-13-3-8-16(22)17(23)9-13/h3-9,11,19H,10H2,1-2H3,(H,24,25,26). The summed E-state index contributed by atoms with van der Waals surface area (Å²) in [6.07, 6.45) is 1.44. The van der Waals surface area contributed by atoms with Gasteiger partial charge in [0.1, 0.15) is 24.7 Å². The molecule has 3 aromatic rings. The summed E-state index contributed by atoms with van der Waals surface area (Å²) in [6, 6.07) is 12.4. The van der Waals surface area contributed by atoms with Crippen LogP contribution in [0.2, 0.25) is 10.0 Å². The van der Waals surface area contributed by atoms with E-state index in [-0.39, 0.29) is 0 Å². The van der Waals surface area contributed by atoms with Gasteiger partial charge in [0.05, 0.1) is 22.7 Å². The number of allylic oxidation sites excluding steroid dienone is 1. The number of benzene rings is 2. The number of fused-ring (bicyclic) bond motifs is 1. The van der Waals surface area contributed by atoms with Crippen LogP contribution in [0.25, 0.3) is 0 Å². The Balaban J connectivity index is 1.58. The number of nitrogens with one attached hydrogen (secondary N) is 1. The van der Waals surface area contributed by atoms with Crippen molar-refractivity contribution in [2.24, 2.45) is 0 Å². The van der Waals surface area contributed by atoms with Crippen molar-refractivity contribution in [3.63, 3.8) is 0 Å². The molecule has 1 N–H and O–H groups in total. The summed E-state index contributed by atoms with van der Waals surface area (Å²) in [5.41, 5.74) is 2.91. The van der Waals surface area contributed by atoms with E-state index in [2.05, 4.69) is 15.4 Å². The third-order valence-corrected chi connectivity index (χ3v) is 5.52. The van der Waals surface area contributed by atoms with E-state index in [1.165, 1.54) is 13.4 Å². The minimum atomic E-state index is -0.458. The molecule has 154 valence electrons. The molecule has 9 heteroatoms. The maximum absolute atomic E-state index is 12.4. The molecule has 0 saturated carbocycles. The minimum absolute atomic E-state index is 0.350. The van der Waals surface area contributed by atoms with E-state index in [1.54, 1.807) is 16.8 Å². The minimum Gasteiger partial charge on any atom is -0.489 e. The van der Waals surface area contributed by atoms with E-state index in [4.69, 9.17) is 32.7 Å². The number of hydrogen-bond donors (Lipinski definition) is 1. The average Bonchev–Trinajstić information content (AvgIpc) is 3.21. The molecule has 0 fully saturated rings. The number of rotatable bonds is 5. The number of methoxy groups -OCH3 is 1. The largest absolute Gasteiger partial charge is 0.489 e. The number of halogens is 2. The molecule has 1 aliphatic rings. The van der Waals surface area contributed by atoms with Crippen LogP contribution in [0.1, 0.15) is 24.1 Å². The maximum atomic E-state index is 12.4. The van der Waals surface area contributed by atoms with Crippen LogP contribution in [0.5, 0.6) is 5.75 Å². The van der Waals surface area contributed by atoms with Gasteiger partial charge in [-0.05, 0) is 42.3 Å². The van der Waals surface area contributed by atoms with Crippen molar-refractivity contribution in [2.45, 2.75) is 19.6 Å². The van der Waals surface area contributed by atoms with Gasteiger partial charge in [-0.15, -0.1) is 0 Å². The SMILES string of the molecule is COC(=O)C1=C(C)Nc2ncnn2C1c1ccc(OCc2ccc(Cl)c(Cl)c2)cc1. The van der Waals surface area contributed by atoms with Gasteiger partial charge in [-0.1, -0.05) is 41.4 Å². The summed E-state index contributed by atoms with van der Waals surface area (Å²) in [7, 11) is 1.36. The third kappa shape index (κ3) is 3.86. The number of hydrogen-bond acceptors (Lipinski definition) is 6.